The molecule has 2 amide bonds. The number of carbonyl (C=O) groups excluding carboxylic acids is 1. The van der Waals surface area contributed by atoms with E-state index in [1.807, 2.05) is 69.3 Å². The number of amides is 2. The first-order valence-corrected chi connectivity index (χ1v) is 7.47. The predicted molar refractivity (Wildman–Crippen MR) is 93.1 cm³/mol. The Morgan fingerprint density at radius 2 is 1.83 bits per heavy atom. The largest absolute Gasteiger partial charge is 0.491 e. The molecule has 2 aromatic rings. The van der Waals surface area contributed by atoms with Gasteiger partial charge < -0.3 is 10.1 Å². The Balaban J connectivity index is 1.86. The zero-order valence-electron chi connectivity index (χ0n) is 13.5. The summed E-state index contributed by atoms with van der Waals surface area (Å²) < 4.78 is 5.57. The fourth-order valence-corrected chi connectivity index (χ4v) is 1.93. The third-order valence-electron chi connectivity index (χ3n) is 3.02. The van der Waals surface area contributed by atoms with Crippen LogP contribution in [0.15, 0.2) is 53.6 Å². The number of anilines is 1. The molecule has 0 aromatic heterocycles. The highest BCUT2D eigenvalue weighted by molar-refractivity contribution is 5.91. The highest BCUT2D eigenvalue weighted by atomic mass is 16.5. The number of hydrogen-bond acceptors (Lipinski definition) is 3. The van der Waals surface area contributed by atoms with Crippen LogP contribution in [0.2, 0.25) is 0 Å². The van der Waals surface area contributed by atoms with Crippen LogP contribution in [-0.2, 0) is 0 Å². The van der Waals surface area contributed by atoms with Gasteiger partial charge in [-0.1, -0.05) is 18.2 Å². The van der Waals surface area contributed by atoms with Crippen LogP contribution in [0, 0.1) is 6.92 Å². The van der Waals surface area contributed by atoms with Gasteiger partial charge in [-0.3, -0.25) is 0 Å². The van der Waals surface area contributed by atoms with Crippen molar-refractivity contribution in [3.63, 3.8) is 0 Å². The van der Waals surface area contributed by atoms with Gasteiger partial charge >= 0.3 is 6.03 Å². The molecule has 120 valence electrons. The van der Waals surface area contributed by atoms with Gasteiger partial charge in [-0.15, -0.1) is 0 Å². The molecule has 0 unspecified atom stereocenters. The van der Waals surface area contributed by atoms with Gasteiger partial charge in [0.05, 0.1) is 12.3 Å². The molecule has 0 atom stereocenters. The van der Waals surface area contributed by atoms with Gasteiger partial charge in [0.1, 0.15) is 5.75 Å². The summed E-state index contributed by atoms with van der Waals surface area (Å²) in [6.45, 7) is 5.89. The topological polar surface area (TPSA) is 62.7 Å². The first-order valence-electron chi connectivity index (χ1n) is 7.47. The van der Waals surface area contributed by atoms with Crippen molar-refractivity contribution in [3.05, 3.63) is 59.7 Å². The molecule has 5 heteroatoms. The lowest BCUT2D eigenvalue weighted by atomic mass is 10.2. The van der Waals surface area contributed by atoms with E-state index in [4.69, 9.17) is 4.74 Å². The number of para-hydroxylation sites is 1. The van der Waals surface area contributed by atoms with Crippen LogP contribution < -0.4 is 15.5 Å². The quantitative estimate of drug-likeness (QED) is 0.649. The van der Waals surface area contributed by atoms with Gasteiger partial charge in [0, 0.05) is 5.69 Å². The highest BCUT2D eigenvalue weighted by Crippen LogP contribution is 2.13. The Labute approximate surface area is 136 Å². The number of hydrogen-bond donors (Lipinski definition) is 2. The van der Waals surface area contributed by atoms with Crippen LogP contribution in [0.3, 0.4) is 0 Å². The summed E-state index contributed by atoms with van der Waals surface area (Å²) in [5.74, 6) is 0.808. The molecule has 0 fully saturated rings. The highest BCUT2D eigenvalue weighted by Gasteiger charge is 2.02. The van der Waals surface area contributed by atoms with E-state index in [9.17, 15) is 4.79 Å². The van der Waals surface area contributed by atoms with E-state index in [-0.39, 0.29) is 12.1 Å². The minimum Gasteiger partial charge on any atom is -0.491 e. The minimum atomic E-state index is -0.379. The molecule has 0 aliphatic heterocycles. The lowest BCUT2D eigenvalue weighted by Gasteiger charge is -2.09. The van der Waals surface area contributed by atoms with Gasteiger partial charge in [0.25, 0.3) is 0 Å². The summed E-state index contributed by atoms with van der Waals surface area (Å²) in [6.07, 6.45) is 1.72. The number of hydrazone groups is 1. The summed E-state index contributed by atoms with van der Waals surface area (Å²) in [7, 11) is 0. The van der Waals surface area contributed by atoms with Crippen molar-refractivity contribution in [2.24, 2.45) is 5.10 Å². The summed E-state index contributed by atoms with van der Waals surface area (Å²) in [6, 6.07) is 14.7. The van der Waals surface area contributed by atoms with E-state index < -0.39 is 0 Å². The van der Waals surface area contributed by atoms with Crippen LogP contribution >= 0.6 is 0 Å². The Kier molecular flexibility index (Phi) is 5.74. The van der Waals surface area contributed by atoms with E-state index in [1.165, 1.54) is 0 Å². The number of nitrogens with zero attached hydrogens (tertiary/aromatic N) is 1. The predicted octanol–water partition coefficient (Wildman–Crippen LogP) is 3.94. The second-order valence-electron chi connectivity index (χ2n) is 5.37. The fourth-order valence-electron chi connectivity index (χ4n) is 1.93. The third-order valence-corrected chi connectivity index (χ3v) is 3.02. The molecule has 2 N–H and O–H groups in total. The van der Waals surface area contributed by atoms with Gasteiger partial charge in [0.15, 0.2) is 0 Å². The summed E-state index contributed by atoms with van der Waals surface area (Å²) in [5.41, 5.74) is 5.07. The van der Waals surface area contributed by atoms with Gasteiger partial charge in [-0.2, -0.15) is 5.10 Å². The lowest BCUT2D eigenvalue weighted by Crippen LogP contribution is -2.24. The molecule has 0 aliphatic rings. The van der Waals surface area contributed by atoms with Gasteiger partial charge in [-0.05, 0) is 62.2 Å². The molecule has 23 heavy (non-hydrogen) atoms. The average molecular weight is 311 g/mol. The number of ether oxygens (including phenoxy) is 1. The van der Waals surface area contributed by atoms with E-state index in [0.29, 0.717) is 0 Å². The Morgan fingerprint density at radius 3 is 2.48 bits per heavy atom. The molecule has 0 saturated carbocycles. The van der Waals surface area contributed by atoms with Crippen LogP contribution in [0.1, 0.15) is 25.0 Å². The molecule has 0 radical (unpaired) electrons. The zero-order valence-corrected chi connectivity index (χ0v) is 13.5. The van der Waals surface area contributed by atoms with Crippen molar-refractivity contribution in [1.29, 1.82) is 0 Å². The molecule has 2 rings (SSSR count). The third kappa shape index (κ3) is 5.47. The van der Waals surface area contributed by atoms with Crippen LogP contribution in [0.25, 0.3) is 0 Å². The SMILES string of the molecule is Cc1ccccc1NC(=O)N/N=C\c1ccc(OC(C)C)cc1. The monoisotopic (exact) mass is 311 g/mol. The van der Waals surface area contributed by atoms with E-state index >= 15 is 0 Å². The summed E-state index contributed by atoms with van der Waals surface area (Å²) >= 11 is 0. The molecular weight excluding hydrogens is 290 g/mol. The number of rotatable bonds is 5. The van der Waals surface area contributed by atoms with E-state index in [2.05, 4.69) is 15.8 Å². The summed E-state index contributed by atoms with van der Waals surface area (Å²) in [4.78, 5) is 11.8. The maximum atomic E-state index is 11.8. The molecule has 0 aliphatic carbocycles. The molecule has 0 bridgehead atoms. The first-order chi connectivity index (χ1) is 11.0. The summed E-state index contributed by atoms with van der Waals surface area (Å²) in [5, 5.41) is 6.67. The fraction of sp³-hybridized carbons (Fsp3) is 0.222. The number of aryl methyl sites for hydroxylation is 1. The van der Waals surface area contributed by atoms with Crippen molar-refractivity contribution < 1.29 is 9.53 Å². The molecule has 0 saturated heterocycles. The standard InChI is InChI=1S/C18H21N3O2/c1-13(2)23-16-10-8-15(9-11-16)12-19-21-18(22)20-17-7-5-4-6-14(17)3/h4-13H,1-3H3,(H2,20,21,22)/b19-12-. The molecule has 2 aromatic carbocycles. The van der Waals surface area contributed by atoms with Crippen LogP contribution in [-0.4, -0.2) is 18.3 Å². The molecule has 0 heterocycles. The lowest BCUT2D eigenvalue weighted by molar-refractivity contribution is 0.242. The molecule has 5 nitrogen and oxygen atoms in total. The van der Waals surface area contributed by atoms with Gasteiger partial charge in [0.2, 0.25) is 0 Å². The smallest absolute Gasteiger partial charge is 0.339 e. The first kappa shape index (κ1) is 16.5. The Bertz CT molecular complexity index is 679. The van der Waals surface area contributed by atoms with Crippen molar-refractivity contribution in [1.82, 2.24) is 5.43 Å². The molecule has 0 spiro atoms. The second-order valence-corrected chi connectivity index (χ2v) is 5.37. The van der Waals surface area contributed by atoms with Crippen molar-refractivity contribution >= 4 is 17.9 Å². The van der Waals surface area contributed by atoms with Crippen LogP contribution in [0.4, 0.5) is 10.5 Å². The van der Waals surface area contributed by atoms with E-state index in [1.54, 1.807) is 6.21 Å². The minimum absolute atomic E-state index is 0.140. The molecular formula is C18H21N3O2. The van der Waals surface area contributed by atoms with Crippen molar-refractivity contribution in [2.45, 2.75) is 26.9 Å². The zero-order chi connectivity index (χ0) is 16.7. The Hall–Kier alpha value is -2.82. The maximum absolute atomic E-state index is 11.8. The van der Waals surface area contributed by atoms with Crippen LogP contribution in [0.5, 0.6) is 5.75 Å². The van der Waals surface area contributed by atoms with E-state index in [0.717, 1.165) is 22.6 Å². The van der Waals surface area contributed by atoms with Crippen molar-refractivity contribution in [3.8, 4) is 5.75 Å². The average Bonchev–Trinajstić information content (AvgIpc) is 2.51. The number of carbonyl (C=O) groups is 1. The number of nitrogens with one attached hydrogen (secondary N) is 2. The maximum Gasteiger partial charge on any atom is 0.339 e. The number of urea groups is 1. The Morgan fingerprint density at radius 1 is 1.13 bits per heavy atom. The van der Waals surface area contributed by atoms with Crippen molar-refractivity contribution in [2.75, 3.05) is 5.32 Å². The second kappa shape index (κ2) is 7.98. The number of benzene rings is 2. The normalized spacial score (nSPS) is 10.8. The van der Waals surface area contributed by atoms with Gasteiger partial charge in [-0.25, -0.2) is 10.2 Å².